The molecular weight excluding hydrogens is 184 g/mol. The van der Waals surface area contributed by atoms with Crippen molar-refractivity contribution in [2.75, 3.05) is 11.4 Å². The molecule has 2 heteroatoms. The molecule has 0 bridgehead atoms. The van der Waals surface area contributed by atoms with Crippen LogP contribution >= 0.6 is 0 Å². The van der Waals surface area contributed by atoms with Crippen LogP contribution in [0.25, 0.3) is 0 Å². The van der Waals surface area contributed by atoms with Crippen LogP contribution in [0.1, 0.15) is 38.3 Å². The highest BCUT2D eigenvalue weighted by Gasteiger charge is 2.21. The average Bonchev–Trinajstić information content (AvgIpc) is 2.39. The molecule has 1 aromatic rings. The van der Waals surface area contributed by atoms with Gasteiger partial charge in [-0.25, -0.2) is 0 Å². The molecule has 1 heterocycles. The quantitative estimate of drug-likeness (QED) is 0.762. The molecule has 1 aliphatic rings. The minimum absolute atomic E-state index is 0.213. The molecule has 0 saturated heterocycles. The van der Waals surface area contributed by atoms with E-state index < -0.39 is 0 Å². The lowest BCUT2D eigenvalue weighted by molar-refractivity contribution is 0.608. The Morgan fingerprint density at radius 2 is 2.07 bits per heavy atom. The first-order chi connectivity index (χ1) is 7.20. The second-order valence-corrected chi connectivity index (χ2v) is 4.59. The van der Waals surface area contributed by atoms with Gasteiger partial charge in [0.1, 0.15) is 0 Å². The Bertz CT molecular complexity index is 333. The number of hydrogen-bond acceptors (Lipinski definition) is 2. The van der Waals surface area contributed by atoms with E-state index in [0.717, 1.165) is 13.0 Å². The molecule has 15 heavy (non-hydrogen) atoms. The van der Waals surface area contributed by atoms with Crippen molar-refractivity contribution >= 4 is 5.69 Å². The van der Waals surface area contributed by atoms with Crippen molar-refractivity contribution in [2.24, 2.45) is 5.73 Å². The highest BCUT2D eigenvalue weighted by atomic mass is 15.2. The van der Waals surface area contributed by atoms with Crippen LogP contribution in [0.2, 0.25) is 0 Å². The van der Waals surface area contributed by atoms with Gasteiger partial charge < -0.3 is 10.6 Å². The molecular formula is C13H20N2. The monoisotopic (exact) mass is 204 g/mol. The number of anilines is 1. The summed E-state index contributed by atoms with van der Waals surface area (Å²) in [6.45, 7) is 5.61. The molecule has 0 aliphatic carbocycles. The Labute approximate surface area is 92.1 Å². The van der Waals surface area contributed by atoms with Crippen molar-refractivity contribution in [1.82, 2.24) is 0 Å². The summed E-state index contributed by atoms with van der Waals surface area (Å²) in [4.78, 5) is 2.46. The first-order valence-electron chi connectivity index (χ1n) is 5.81. The lowest BCUT2D eigenvalue weighted by Crippen LogP contribution is -2.31. The van der Waals surface area contributed by atoms with Crippen LogP contribution < -0.4 is 10.6 Å². The third kappa shape index (κ3) is 2.00. The third-order valence-electron chi connectivity index (χ3n) is 3.18. The van der Waals surface area contributed by atoms with Crippen molar-refractivity contribution in [1.29, 1.82) is 0 Å². The first kappa shape index (κ1) is 10.5. The maximum absolute atomic E-state index is 6.18. The van der Waals surface area contributed by atoms with Crippen LogP contribution in [0.15, 0.2) is 24.3 Å². The maximum Gasteiger partial charge on any atom is 0.0416 e. The number of benzene rings is 1. The van der Waals surface area contributed by atoms with Crippen LogP contribution in [-0.2, 0) is 0 Å². The third-order valence-corrected chi connectivity index (χ3v) is 3.18. The van der Waals surface area contributed by atoms with Crippen LogP contribution in [0.4, 0.5) is 5.69 Å². The Balaban J connectivity index is 2.43. The second-order valence-electron chi connectivity index (χ2n) is 4.59. The number of nitrogens with zero attached hydrogens (tertiary/aromatic N) is 1. The smallest absolute Gasteiger partial charge is 0.0416 e. The summed E-state index contributed by atoms with van der Waals surface area (Å²) >= 11 is 0. The van der Waals surface area contributed by atoms with E-state index in [2.05, 4.69) is 43.0 Å². The van der Waals surface area contributed by atoms with Gasteiger partial charge in [-0.2, -0.15) is 0 Å². The largest absolute Gasteiger partial charge is 0.369 e. The van der Waals surface area contributed by atoms with Gasteiger partial charge in [-0.3, -0.25) is 0 Å². The van der Waals surface area contributed by atoms with Gasteiger partial charge in [-0.05, 0) is 38.3 Å². The molecule has 0 radical (unpaired) electrons. The van der Waals surface area contributed by atoms with E-state index in [1.165, 1.54) is 17.7 Å². The van der Waals surface area contributed by atoms with E-state index in [9.17, 15) is 0 Å². The topological polar surface area (TPSA) is 29.3 Å². The van der Waals surface area contributed by atoms with Crippen LogP contribution in [0.3, 0.4) is 0 Å². The minimum Gasteiger partial charge on any atom is -0.369 e. The number of rotatable bonds is 1. The molecule has 2 nitrogen and oxygen atoms in total. The Hall–Kier alpha value is -1.02. The molecule has 1 aromatic carbocycles. The zero-order valence-electron chi connectivity index (χ0n) is 9.61. The van der Waals surface area contributed by atoms with Crippen LogP contribution in [-0.4, -0.2) is 12.6 Å². The van der Waals surface area contributed by atoms with Gasteiger partial charge in [0.25, 0.3) is 0 Å². The van der Waals surface area contributed by atoms with E-state index in [4.69, 9.17) is 5.73 Å². The summed E-state index contributed by atoms with van der Waals surface area (Å²) in [5.74, 6) is 0. The van der Waals surface area contributed by atoms with Crippen molar-refractivity contribution in [3.63, 3.8) is 0 Å². The van der Waals surface area contributed by atoms with Gasteiger partial charge in [0.05, 0.1) is 0 Å². The lowest BCUT2D eigenvalue weighted by Gasteiger charge is -2.29. The first-order valence-corrected chi connectivity index (χ1v) is 5.81. The van der Waals surface area contributed by atoms with E-state index in [1.54, 1.807) is 0 Å². The molecule has 0 amide bonds. The Kier molecular flexibility index (Phi) is 2.96. The lowest BCUT2D eigenvalue weighted by atomic mass is 10.0. The molecule has 1 atom stereocenters. The van der Waals surface area contributed by atoms with Crippen molar-refractivity contribution < 1.29 is 0 Å². The number of fused-ring (bicyclic) bond motifs is 1. The molecule has 1 unspecified atom stereocenters. The Morgan fingerprint density at radius 3 is 2.80 bits per heavy atom. The second kappa shape index (κ2) is 4.23. The van der Waals surface area contributed by atoms with Gasteiger partial charge in [0.2, 0.25) is 0 Å². The molecule has 2 rings (SSSR count). The SMILES string of the molecule is CC(C)N1CCCC(N)c2ccccc21. The number of para-hydroxylation sites is 1. The highest BCUT2D eigenvalue weighted by Crippen LogP contribution is 2.32. The molecule has 82 valence electrons. The molecule has 0 fully saturated rings. The average molecular weight is 204 g/mol. The van der Waals surface area contributed by atoms with Gasteiger partial charge >= 0.3 is 0 Å². The normalized spacial score (nSPS) is 21.3. The van der Waals surface area contributed by atoms with Gasteiger partial charge in [-0.15, -0.1) is 0 Å². The molecule has 0 aromatic heterocycles. The summed E-state index contributed by atoms with van der Waals surface area (Å²) in [5.41, 5.74) is 8.82. The van der Waals surface area contributed by atoms with Crippen LogP contribution in [0.5, 0.6) is 0 Å². The summed E-state index contributed by atoms with van der Waals surface area (Å²) in [5, 5.41) is 0. The van der Waals surface area contributed by atoms with E-state index >= 15 is 0 Å². The predicted octanol–water partition coefficient (Wildman–Crippen LogP) is 2.70. The van der Waals surface area contributed by atoms with Crippen molar-refractivity contribution in [2.45, 2.75) is 38.8 Å². The zero-order chi connectivity index (χ0) is 10.8. The summed E-state index contributed by atoms with van der Waals surface area (Å²) in [6.07, 6.45) is 2.29. The Morgan fingerprint density at radius 1 is 1.33 bits per heavy atom. The fraction of sp³-hybridized carbons (Fsp3) is 0.538. The number of hydrogen-bond donors (Lipinski definition) is 1. The molecule has 1 aliphatic heterocycles. The molecule has 0 spiro atoms. The highest BCUT2D eigenvalue weighted by molar-refractivity contribution is 5.56. The number of nitrogens with two attached hydrogens (primary N) is 1. The van der Waals surface area contributed by atoms with Gasteiger partial charge in [-0.1, -0.05) is 18.2 Å². The van der Waals surface area contributed by atoms with Crippen molar-refractivity contribution in [3.05, 3.63) is 29.8 Å². The summed E-state index contributed by atoms with van der Waals surface area (Å²) in [6, 6.07) is 9.32. The fourth-order valence-electron chi connectivity index (χ4n) is 2.36. The van der Waals surface area contributed by atoms with E-state index in [1.807, 2.05) is 0 Å². The zero-order valence-corrected chi connectivity index (χ0v) is 9.61. The van der Waals surface area contributed by atoms with Crippen molar-refractivity contribution in [3.8, 4) is 0 Å². The molecule has 2 N–H and O–H groups in total. The van der Waals surface area contributed by atoms with E-state index in [-0.39, 0.29) is 6.04 Å². The van der Waals surface area contributed by atoms with Gasteiger partial charge in [0, 0.05) is 24.3 Å². The fourth-order valence-corrected chi connectivity index (χ4v) is 2.36. The predicted molar refractivity (Wildman–Crippen MR) is 65.1 cm³/mol. The van der Waals surface area contributed by atoms with Gasteiger partial charge in [0.15, 0.2) is 0 Å². The van der Waals surface area contributed by atoms with Crippen LogP contribution in [0, 0.1) is 0 Å². The maximum atomic E-state index is 6.18. The minimum atomic E-state index is 0.213. The summed E-state index contributed by atoms with van der Waals surface area (Å²) < 4.78 is 0. The summed E-state index contributed by atoms with van der Waals surface area (Å²) in [7, 11) is 0. The standard InChI is InChI=1S/C13H20N2/c1-10(2)15-9-5-7-12(14)11-6-3-4-8-13(11)15/h3-4,6,8,10,12H,5,7,9,14H2,1-2H3. The molecule has 0 saturated carbocycles. The van der Waals surface area contributed by atoms with E-state index in [0.29, 0.717) is 6.04 Å².